The van der Waals surface area contributed by atoms with E-state index in [1.807, 2.05) is 26.0 Å². The van der Waals surface area contributed by atoms with Crippen molar-refractivity contribution in [2.24, 2.45) is 11.8 Å². The number of sulfonamides is 1. The van der Waals surface area contributed by atoms with Crippen molar-refractivity contribution in [3.63, 3.8) is 0 Å². The van der Waals surface area contributed by atoms with Crippen LogP contribution in [0.25, 0.3) is 10.9 Å². The first-order chi connectivity index (χ1) is 12.7. The molecular weight excluding hydrogens is 366 g/mol. The van der Waals surface area contributed by atoms with Crippen LogP contribution in [0.5, 0.6) is 0 Å². The summed E-state index contributed by atoms with van der Waals surface area (Å²) >= 11 is 0. The fraction of sp³-hybridized carbons (Fsp3) is 0.474. The van der Waals surface area contributed by atoms with Crippen molar-refractivity contribution in [3.05, 3.63) is 36.5 Å². The van der Waals surface area contributed by atoms with Gasteiger partial charge in [0.05, 0.1) is 5.52 Å². The Morgan fingerprint density at radius 2 is 1.89 bits per heavy atom. The molecule has 0 aliphatic carbocycles. The molecule has 0 spiro atoms. The van der Waals surface area contributed by atoms with E-state index >= 15 is 0 Å². The van der Waals surface area contributed by atoms with E-state index in [4.69, 9.17) is 5.21 Å². The van der Waals surface area contributed by atoms with Crippen molar-refractivity contribution in [3.8, 4) is 0 Å². The summed E-state index contributed by atoms with van der Waals surface area (Å²) in [6, 6.07) is 7.78. The fourth-order valence-corrected chi connectivity index (χ4v) is 4.67. The number of rotatable bonds is 8. The number of benzene rings is 1. The summed E-state index contributed by atoms with van der Waals surface area (Å²) in [5, 5.41) is 9.83. The lowest BCUT2D eigenvalue weighted by Gasteiger charge is -2.32. The van der Waals surface area contributed by atoms with Gasteiger partial charge in [-0.3, -0.25) is 15.0 Å². The number of nitrogens with zero attached hydrogens (tertiary/aromatic N) is 2. The number of hydroxylamine groups is 1. The van der Waals surface area contributed by atoms with E-state index in [2.05, 4.69) is 4.98 Å². The Bertz CT molecular complexity index is 897. The summed E-state index contributed by atoms with van der Waals surface area (Å²) in [4.78, 5) is 16.5. The highest BCUT2D eigenvalue weighted by atomic mass is 32.2. The molecule has 148 valence electrons. The Hall–Kier alpha value is -2.03. The van der Waals surface area contributed by atoms with Gasteiger partial charge in [0.2, 0.25) is 10.0 Å². The highest BCUT2D eigenvalue weighted by Crippen LogP contribution is 2.25. The van der Waals surface area contributed by atoms with E-state index in [-0.39, 0.29) is 23.3 Å². The quantitative estimate of drug-likeness (QED) is 0.531. The number of hydrogen-bond acceptors (Lipinski definition) is 5. The zero-order valence-corrected chi connectivity index (χ0v) is 16.9. The van der Waals surface area contributed by atoms with E-state index in [1.54, 1.807) is 37.5 Å². The van der Waals surface area contributed by atoms with Crippen LogP contribution in [0.2, 0.25) is 0 Å². The normalized spacial score (nSPS) is 13.5. The molecule has 0 bridgehead atoms. The lowest BCUT2D eigenvalue weighted by atomic mass is 10.0. The van der Waals surface area contributed by atoms with Crippen LogP contribution in [0.4, 0.5) is 0 Å². The smallest absolute Gasteiger partial charge is 0.262 e. The number of aromatic nitrogens is 1. The topological polar surface area (TPSA) is 99.6 Å². The van der Waals surface area contributed by atoms with Crippen molar-refractivity contribution >= 4 is 26.8 Å². The molecule has 8 heteroatoms. The van der Waals surface area contributed by atoms with Gasteiger partial charge in [-0.25, -0.2) is 13.9 Å². The zero-order chi connectivity index (χ0) is 20.2. The number of pyridine rings is 1. The molecule has 27 heavy (non-hydrogen) atoms. The molecule has 0 saturated heterocycles. The molecule has 1 atom stereocenters. The van der Waals surface area contributed by atoms with Crippen LogP contribution >= 0.6 is 0 Å². The first kappa shape index (κ1) is 21.3. The summed E-state index contributed by atoms with van der Waals surface area (Å²) in [7, 11) is -3.99. The Kier molecular flexibility index (Phi) is 6.91. The van der Waals surface area contributed by atoms with Crippen LogP contribution in [0.1, 0.15) is 34.1 Å². The van der Waals surface area contributed by atoms with Crippen LogP contribution in [-0.4, -0.2) is 41.4 Å². The number of carbonyl (C=O) groups is 1. The van der Waals surface area contributed by atoms with Crippen molar-refractivity contribution in [2.75, 3.05) is 6.54 Å². The molecule has 2 N–H and O–H groups in total. The van der Waals surface area contributed by atoms with Gasteiger partial charge < -0.3 is 0 Å². The van der Waals surface area contributed by atoms with Crippen molar-refractivity contribution < 1.29 is 18.4 Å². The Morgan fingerprint density at radius 3 is 2.48 bits per heavy atom. The maximum absolute atomic E-state index is 13.4. The van der Waals surface area contributed by atoms with Crippen molar-refractivity contribution in [1.82, 2.24) is 14.8 Å². The van der Waals surface area contributed by atoms with E-state index in [0.29, 0.717) is 17.3 Å². The van der Waals surface area contributed by atoms with E-state index in [0.717, 1.165) is 0 Å². The maximum Gasteiger partial charge on any atom is 0.262 e. The van der Waals surface area contributed by atoms with Gasteiger partial charge in [-0.1, -0.05) is 45.9 Å². The lowest BCUT2D eigenvalue weighted by Crippen LogP contribution is -2.52. The maximum atomic E-state index is 13.4. The minimum atomic E-state index is -3.99. The molecule has 1 aromatic heterocycles. The minimum Gasteiger partial charge on any atom is -0.289 e. The van der Waals surface area contributed by atoms with Crippen LogP contribution in [0.3, 0.4) is 0 Å². The molecule has 0 fully saturated rings. The summed E-state index contributed by atoms with van der Waals surface area (Å²) in [5.74, 6) is -0.819. The number of para-hydroxylation sites is 1. The number of amides is 1. The Labute approximate surface area is 160 Å². The third-order valence-electron chi connectivity index (χ3n) is 4.42. The molecule has 7 nitrogen and oxygen atoms in total. The van der Waals surface area contributed by atoms with Crippen LogP contribution in [0.15, 0.2) is 41.4 Å². The van der Waals surface area contributed by atoms with Gasteiger partial charge in [-0.05, 0) is 30.4 Å². The highest BCUT2D eigenvalue weighted by molar-refractivity contribution is 7.89. The predicted octanol–water partition coefficient (Wildman–Crippen LogP) is 2.80. The molecule has 2 aromatic rings. The fourth-order valence-electron chi connectivity index (χ4n) is 2.95. The average molecular weight is 394 g/mol. The molecule has 0 radical (unpaired) electrons. The van der Waals surface area contributed by atoms with Gasteiger partial charge in [-0.15, -0.1) is 0 Å². The van der Waals surface area contributed by atoms with Gasteiger partial charge in [0.1, 0.15) is 10.9 Å². The van der Waals surface area contributed by atoms with Crippen LogP contribution in [0, 0.1) is 11.8 Å². The van der Waals surface area contributed by atoms with Crippen molar-refractivity contribution in [2.45, 2.75) is 45.1 Å². The van der Waals surface area contributed by atoms with Gasteiger partial charge in [-0.2, -0.15) is 4.31 Å². The second-order valence-electron chi connectivity index (χ2n) is 7.33. The Balaban J connectivity index is 2.54. The molecule has 1 aromatic carbocycles. The lowest BCUT2D eigenvalue weighted by molar-refractivity contribution is -0.134. The number of carbonyl (C=O) groups excluding carboxylic acids is 1. The summed E-state index contributed by atoms with van der Waals surface area (Å²) in [6.07, 6.45) is 1.90. The standard InChI is InChI=1S/C19H27N3O4S/c1-13(2)9-10-22(18(14(3)4)19(23)21-24)27(25,26)16-11-15-7-5-6-8-17(15)20-12-16/h5-8,11-14,18,24H,9-10H2,1-4H3,(H,21,23). The first-order valence-electron chi connectivity index (χ1n) is 8.99. The van der Waals surface area contributed by atoms with Gasteiger partial charge in [0, 0.05) is 18.1 Å². The van der Waals surface area contributed by atoms with E-state index in [9.17, 15) is 13.2 Å². The third-order valence-corrected chi connectivity index (χ3v) is 6.27. The van der Waals surface area contributed by atoms with E-state index in [1.165, 1.54) is 10.5 Å². The highest BCUT2D eigenvalue weighted by Gasteiger charge is 2.38. The SMILES string of the molecule is CC(C)CCN(C(C(=O)NO)C(C)C)S(=O)(=O)c1cnc2ccccc2c1. The largest absolute Gasteiger partial charge is 0.289 e. The molecule has 0 aliphatic rings. The van der Waals surface area contributed by atoms with Crippen LogP contribution in [-0.2, 0) is 14.8 Å². The van der Waals surface area contributed by atoms with Gasteiger partial charge in [0.15, 0.2) is 0 Å². The summed E-state index contributed by atoms with van der Waals surface area (Å²) in [6.45, 7) is 7.63. The minimum absolute atomic E-state index is 0.0290. The molecule has 2 rings (SSSR count). The second-order valence-corrected chi connectivity index (χ2v) is 9.22. The Morgan fingerprint density at radius 1 is 1.22 bits per heavy atom. The summed E-state index contributed by atoms with van der Waals surface area (Å²) in [5.41, 5.74) is 2.30. The van der Waals surface area contributed by atoms with Gasteiger partial charge in [0.25, 0.3) is 5.91 Å². The number of hydrogen-bond donors (Lipinski definition) is 2. The van der Waals surface area contributed by atoms with E-state index < -0.39 is 22.0 Å². The molecule has 1 heterocycles. The number of fused-ring (bicyclic) bond motifs is 1. The average Bonchev–Trinajstić information content (AvgIpc) is 2.63. The summed E-state index contributed by atoms with van der Waals surface area (Å²) < 4.78 is 27.9. The third kappa shape index (κ3) is 4.82. The second kappa shape index (κ2) is 8.77. The van der Waals surface area contributed by atoms with Crippen molar-refractivity contribution in [1.29, 1.82) is 0 Å². The predicted molar refractivity (Wildman–Crippen MR) is 104 cm³/mol. The molecule has 0 saturated carbocycles. The number of nitrogens with one attached hydrogen (secondary N) is 1. The molecule has 0 aliphatic heterocycles. The monoisotopic (exact) mass is 393 g/mol. The first-order valence-corrected chi connectivity index (χ1v) is 10.4. The molecule has 1 unspecified atom stereocenters. The molecular formula is C19H27N3O4S. The zero-order valence-electron chi connectivity index (χ0n) is 16.1. The molecule has 1 amide bonds. The van der Waals surface area contributed by atoms with Crippen LogP contribution < -0.4 is 5.48 Å². The van der Waals surface area contributed by atoms with Gasteiger partial charge >= 0.3 is 0 Å².